The highest BCUT2D eigenvalue weighted by atomic mass is 19.1. The zero-order valence-electron chi connectivity index (χ0n) is 13.5. The number of nitriles is 2. The van der Waals surface area contributed by atoms with E-state index in [1.54, 1.807) is 31.2 Å². The van der Waals surface area contributed by atoms with Crippen molar-refractivity contribution in [1.82, 2.24) is 5.32 Å². The van der Waals surface area contributed by atoms with Crippen LogP contribution in [0.3, 0.4) is 0 Å². The normalized spacial score (nSPS) is 12.5. The van der Waals surface area contributed by atoms with E-state index in [9.17, 15) is 18.8 Å². The highest BCUT2D eigenvalue weighted by Gasteiger charge is 2.22. The van der Waals surface area contributed by atoms with Crippen LogP contribution in [0.2, 0.25) is 0 Å². The standard InChI is InChI=1S/C19H15F2N3O/c1-12(17-7-6-16(20)9-18(17)21)24-19(25)15(11-23)8-13-2-4-14(10-22)5-3-13/h2-7,9,12,15H,8H2,1H3,(H,24,25)/t12-,15-/m0/s1. The zero-order valence-corrected chi connectivity index (χ0v) is 13.5. The molecule has 1 amide bonds. The first-order valence-electron chi connectivity index (χ1n) is 7.58. The monoisotopic (exact) mass is 339 g/mol. The van der Waals surface area contributed by atoms with Crippen LogP contribution < -0.4 is 5.32 Å². The van der Waals surface area contributed by atoms with Crippen LogP contribution in [0.25, 0.3) is 0 Å². The average molecular weight is 339 g/mol. The second-order valence-electron chi connectivity index (χ2n) is 5.59. The topological polar surface area (TPSA) is 76.7 Å². The average Bonchev–Trinajstić information content (AvgIpc) is 2.59. The zero-order chi connectivity index (χ0) is 18.4. The van der Waals surface area contributed by atoms with Crippen LogP contribution in [0, 0.1) is 40.2 Å². The van der Waals surface area contributed by atoms with Crippen molar-refractivity contribution in [3.63, 3.8) is 0 Å². The lowest BCUT2D eigenvalue weighted by Crippen LogP contribution is -2.33. The number of carbonyl (C=O) groups excluding carboxylic acids is 1. The summed E-state index contributed by atoms with van der Waals surface area (Å²) in [6.45, 7) is 1.56. The molecule has 0 radical (unpaired) electrons. The summed E-state index contributed by atoms with van der Waals surface area (Å²) in [5.41, 5.74) is 1.37. The molecule has 0 spiro atoms. The Labute approximate surface area is 144 Å². The van der Waals surface area contributed by atoms with E-state index in [0.29, 0.717) is 5.56 Å². The molecular formula is C19H15F2N3O. The molecule has 0 saturated carbocycles. The molecule has 2 aromatic rings. The van der Waals surface area contributed by atoms with Crippen molar-refractivity contribution in [2.75, 3.05) is 0 Å². The second-order valence-corrected chi connectivity index (χ2v) is 5.59. The number of halogens is 2. The minimum Gasteiger partial charge on any atom is -0.348 e. The summed E-state index contributed by atoms with van der Waals surface area (Å²) in [6.07, 6.45) is 0.173. The van der Waals surface area contributed by atoms with Crippen molar-refractivity contribution < 1.29 is 13.6 Å². The first-order chi connectivity index (χ1) is 11.9. The molecule has 126 valence electrons. The molecular weight excluding hydrogens is 324 g/mol. The van der Waals surface area contributed by atoms with Crippen LogP contribution in [0.15, 0.2) is 42.5 Å². The largest absolute Gasteiger partial charge is 0.348 e. The Bertz CT molecular complexity index is 850. The van der Waals surface area contributed by atoms with Gasteiger partial charge in [-0.15, -0.1) is 0 Å². The maximum Gasteiger partial charge on any atom is 0.238 e. The summed E-state index contributed by atoms with van der Waals surface area (Å²) in [4.78, 5) is 12.3. The Kier molecular flexibility index (Phi) is 5.81. The van der Waals surface area contributed by atoms with Crippen molar-refractivity contribution >= 4 is 5.91 Å². The van der Waals surface area contributed by atoms with Crippen LogP contribution in [0.1, 0.15) is 29.7 Å². The number of rotatable bonds is 5. The van der Waals surface area contributed by atoms with E-state index in [0.717, 1.165) is 17.7 Å². The van der Waals surface area contributed by atoms with Gasteiger partial charge in [0.25, 0.3) is 0 Å². The molecule has 0 saturated heterocycles. The smallest absolute Gasteiger partial charge is 0.238 e. The van der Waals surface area contributed by atoms with Crippen molar-refractivity contribution in [1.29, 1.82) is 10.5 Å². The van der Waals surface area contributed by atoms with Gasteiger partial charge in [0.2, 0.25) is 5.91 Å². The summed E-state index contributed by atoms with van der Waals surface area (Å²) in [5, 5.41) is 20.6. The third-order valence-electron chi connectivity index (χ3n) is 3.78. The van der Waals surface area contributed by atoms with Gasteiger partial charge < -0.3 is 5.32 Å². The lowest BCUT2D eigenvalue weighted by atomic mass is 9.98. The summed E-state index contributed by atoms with van der Waals surface area (Å²) in [7, 11) is 0. The summed E-state index contributed by atoms with van der Waals surface area (Å²) in [5.74, 6) is -2.95. The van der Waals surface area contributed by atoms with E-state index >= 15 is 0 Å². The Morgan fingerprint density at radius 2 is 1.84 bits per heavy atom. The van der Waals surface area contributed by atoms with Crippen molar-refractivity contribution in [3.05, 3.63) is 70.8 Å². The molecule has 2 rings (SSSR count). The van der Waals surface area contributed by atoms with Crippen LogP contribution >= 0.6 is 0 Å². The number of hydrogen-bond acceptors (Lipinski definition) is 3. The van der Waals surface area contributed by atoms with Crippen molar-refractivity contribution in [3.8, 4) is 12.1 Å². The first-order valence-corrected chi connectivity index (χ1v) is 7.58. The molecule has 0 unspecified atom stereocenters. The van der Waals surface area contributed by atoms with Crippen LogP contribution in [0.5, 0.6) is 0 Å². The quantitative estimate of drug-likeness (QED) is 0.907. The van der Waals surface area contributed by atoms with E-state index in [4.69, 9.17) is 5.26 Å². The minimum atomic E-state index is -0.959. The predicted octanol–water partition coefficient (Wildman–Crippen LogP) is 3.40. The fourth-order valence-corrected chi connectivity index (χ4v) is 2.39. The van der Waals surface area contributed by atoms with Crippen LogP contribution in [0.4, 0.5) is 8.78 Å². The molecule has 0 aliphatic rings. The lowest BCUT2D eigenvalue weighted by Gasteiger charge is -2.17. The molecule has 4 nitrogen and oxygen atoms in total. The Hall–Kier alpha value is -3.25. The molecule has 1 N–H and O–H groups in total. The number of benzene rings is 2. The summed E-state index contributed by atoms with van der Waals surface area (Å²) in [6, 6.07) is 12.9. The van der Waals surface area contributed by atoms with Gasteiger partial charge in [0.15, 0.2) is 0 Å². The van der Waals surface area contributed by atoms with Gasteiger partial charge in [-0.25, -0.2) is 8.78 Å². The number of hydrogen-bond donors (Lipinski definition) is 1. The van der Waals surface area contributed by atoms with Gasteiger partial charge in [-0.1, -0.05) is 18.2 Å². The van der Waals surface area contributed by atoms with E-state index in [2.05, 4.69) is 5.32 Å². The van der Waals surface area contributed by atoms with Gasteiger partial charge in [-0.05, 0) is 37.1 Å². The third-order valence-corrected chi connectivity index (χ3v) is 3.78. The highest BCUT2D eigenvalue weighted by Crippen LogP contribution is 2.19. The SMILES string of the molecule is C[C@H](NC(=O)[C@H](C#N)Cc1ccc(C#N)cc1)c1ccc(F)cc1F. The van der Waals surface area contributed by atoms with E-state index in [-0.39, 0.29) is 12.0 Å². The Morgan fingerprint density at radius 1 is 1.16 bits per heavy atom. The first kappa shape index (κ1) is 18.1. The van der Waals surface area contributed by atoms with Gasteiger partial charge in [0, 0.05) is 11.6 Å². The molecule has 0 heterocycles. The van der Waals surface area contributed by atoms with Gasteiger partial charge in [0.05, 0.1) is 23.7 Å². The molecule has 25 heavy (non-hydrogen) atoms. The maximum atomic E-state index is 13.8. The maximum absolute atomic E-state index is 13.8. The van der Waals surface area contributed by atoms with Gasteiger partial charge in [0.1, 0.15) is 17.6 Å². The van der Waals surface area contributed by atoms with Crippen molar-refractivity contribution in [2.24, 2.45) is 5.92 Å². The third kappa shape index (κ3) is 4.62. The number of carbonyl (C=O) groups is 1. The number of amides is 1. The van der Waals surface area contributed by atoms with E-state index in [1.165, 1.54) is 6.07 Å². The van der Waals surface area contributed by atoms with E-state index in [1.807, 2.05) is 12.1 Å². The fourth-order valence-electron chi connectivity index (χ4n) is 2.39. The molecule has 0 fully saturated rings. The predicted molar refractivity (Wildman–Crippen MR) is 86.9 cm³/mol. The minimum absolute atomic E-state index is 0.143. The van der Waals surface area contributed by atoms with E-state index < -0.39 is 29.5 Å². The molecule has 6 heteroatoms. The lowest BCUT2D eigenvalue weighted by molar-refractivity contribution is -0.124. The molecule has 0 bridgehead atoms. The summed E-state index contributed by atoms with van der Waals surface area (Å²) < 4.78 is 26.7. The van der Waals surface area contributed by atoms with Gasteiger partial charge in [-0.2, -0.15) is 10.5 Å². The highest BCUT2D eigenvalue weighted by molar-refractivity contribution is 5.81. The summed E-state index contributed by atoms with van der Waals surface area (Å²) >= 11 is 0. The number of nitrogens with zero attached hydrogens (tertiary/aromatic N) is 2. The molecule has 2 aromatic carbocycles. The molecule has 0 aromatic heterocycles. The Morgan fingerprint density at radius 3 is 2.40 bits per heavy atom. The molecule has 0 aliphatic heterocycles. The molecule has 2 atom stereocenters. The second kappa shape index (κ2) is 8.03. The van der Waals surface area contributed by atoms with Gasteiger partial charge >= 0.3 is 0 Å². The van der Waals surface area contributed by atoms with Crippen LogP contribution in [-0.2, 0) is 11.2 Å². The van der Waals surface area contributed by atoms with Crippen LogP contribution in [-0.4, -0.2) is 5.91 Å². The molecule has 0 aliphatic carbocycles. The Balaban J connectivity index is 2.06. The fraction of sp³-hybridized carbons (Fsp3) is 0.211. The number of nitrogens with one attached hydrogen (secondary N) is 1. The van der Waals surface area contributed by atoms with Crippen molar-refractivity contribution in [2.45, 2.75) is 19.4 Å². The van der Waals surface area contributed by atoms with Gasteiger partial charge in [-0.3, -0.25) is 4.79 Å².